The summed E-state index contributed by atoms with van der Waals surface area (Å²) in [6, 6.07) is 15.1. The Morgan fingerprint density at radius 1 is 1.06 bits per heavy atom. The van der Waals surface area contributed by atoms with Crippen LogP contribution in [0.3, 0.4) is 0 Å². The number of hydrogen-bond donors (Lipinski definition) is 1. The van der Waals surface area contributed by atoms with Crippen molar-refractivity contribution < 1.29 is 13.2 Å². The summed E-state index contributed by atoms with van der Waals surface area (Å²) in [5.41, 5.74) is 4.47. The highest BCUT2D eigenvalue weighted by molar-refractivity contribution is 7.90. The van der Waals surface area contributed by atoms with Crippen LogP contribution in [0.4, 0.5) is 5.69 Å². The van der Waals surface area contributed by atoms with Gasteiger partial charge in [-0.25, -0.2) is 12.7 Å². The molecular weight excluding hydrogens is 422 g/mol. The average Bonchev–Trinajstić information content (AvgIpc) is 3.66. The summed E-state index contributed by atoms with van der Waals surface area (Å²) < 4.78 is 32.1. The van der Waals surface area contributed by atoms with E-state index < -0.39 is 10.0 Å². The Hall–Kier alpha value is -2.48. The molecule has 1 saturated carbocycles. The maximum atomic E-state index is 12.6. The highest BCUT2D eigenvalue weighted by Crippen LogP contribution is 2.34. The molecule has 1 N–H and O–H groups in total. The van der Waals surface area contributed by atoms with Gasteiger partial charge in [-0.3, -0.25) is 4.98 Å². The first-order valence-corrected chi connectivity index (χ1v) is 12.8. The molecule has 2 aromatic carbocycles. The molecule has 1 saturated heterocycles. The average molecular weight is 452 g/mol. The van der Waals surface area contributed by atoms with Gasteiger partial charge in [0, 0.05) is 49.7 Å². The Morgan fingerprint density at radius 2 is 1.88 bits per heavy atom. The smallest absolute Gasteiger partial charge is 0.216 e. The molecule has 0 amide bonds. The number of sulfonamides is 1. The second-order valence-corrected chi connectivity index (χ2v) is 11.0. The van der Waals surface area contributed by atoms with Crippen molar-refractivity contribution in [2.24, 2.45) is 0 Å². The minimum Gasteiger partial charge on any atom is -0.382 e. The number of aromatic nitrogens is 1. The van der Waals surface area contributed by atoms with E-state index in [-0.39, 0.29) is 11.3 Å². The van der Waals surface area contributed by atoms with Crippen molar-refractivity contribution in [2.45, 2.75) is 43.6 Å². The third-order valence-corrected chi connectivity index (χ3v) is 8.84. The van der Waals surface area contributed by atoms with E-state index >= 15 is 0 Å². The van der Waals surface area contributed by atoms with Gasteiger partial charge in [0.2, 0.25) is 10.0 Å². The van der Waals surface area contributed by atoms with E-state index in [9.17, 15) is 8.42 Å². The van der Waals surface area contributed by atoms with Gasteiger partial charge >= 0.3 is 0 Å². The van der Waals surface area contributed by atoms with E-state index in [2.05, 4.69) is 46.7 Å². The first-order chi connectivity index (χ1) is 15.5. The largest absolute Gasteiger partial charge is 0.382 e. The van der Waals surface area contributed by atoms with Gasteiger partial charge in [0.25, 0.3) is 0 Å². The molecule has 2 aliphatic rings. The van der Waals surface area contributed by atoms with Gasteiger partial charge in [-0.05, 0) is 72.0 Å². The van der Waals surface area contributed by atoms with Crippen molar-refractivity contribution in [3.05, 3.63) is 60.4 Å². The summed E-state index contributed by atoms with van der Waals surface area (Å²) in [6.45, 7) is 1.76. The molecule has 1 aromatic heterocycles. The van der Waals surface area contributed by atoms with Crippen LogP contribution in [0.25, 0.3) is 21.9 Å². The van der Waals surface area contributed by atoms with E-state index in [0.717, 1.165) is 58.8 Å². The summed E-state index contributed by atoms with van der Waals surface area (Å²) in [4.78, 5) is 4.33. The molecule has 0 unspecified atom stereocenters. The SMILES string of the molecule is COCc1cccc(-c2cc(NC3CCN(S(=O)(=O)C4CC4)CC3)c3cnccc3c2)c1. The fourth-order valence-electron chi connectivity index (χ4n) is 4.54. The highest BCUT2D eigenvalue weighted by Gasteiger charge is 2.41. The zero-order chi connectivity index (χ0) is 22.1. The number of methoxy groups -OCH3 is 1. The maximum absolute atomic E-state index is 12.6. The van der Waals surface area contributed by atoms with Crippen LogP contribution in [0.5, 0.6) is 0 Å². The molecule has 2 fully saturated rings. The minimum atomic E-state index is -3.09. The number of nitrogens with zero attached hydrogens (tertiary/aromatic N) is 2. The Morgan fingerprint density at radius 3 is 2.62 bits per heavy atom. The molecule has 3 aromatic rings. The van der Waals surface area contributed by atoms with Gasteiger partial charge in [-0.15, -0.1) is 0 Å². The van der Waals surface area contributed by atoms with Gasteiger partial charge in [-0.2, -0.15) is 0 Å². The summed E-state index contributed by atoms with van der Waals surface area (Å²) >= 11 is 0. The van der Waals surface area contributed by atoms with Crippen LogP contribution in [0.2, 0.25) is 0 Å². The lowest BCUT2D eigenvalue weighted by atomic mass is 9.98. The van der Waals surface area contributed by atoms with Crippen molar-refractivity contribution >= 4 is 26.5 Å². The third kappa shape index (κ3) is 4.37. The molecule has 1 aliphatic heterocycles. The summed E-state index contributed by atoms with van der Waals surface area (Å²) in [6.07, 6.45) is 6.96. The minimum absolute atomic E-state index is 0.132. The van der Waals surface area contributed by atoms with Gasteiger partial charge in [-0.1, -0.05) is 18.2 Å². The fraction of sp³-hybridized carbons (Fsp3) is 0.400. The first-order valence-electron chi connectivity index (χ1n) is 11.3. The van der Waals surface area contributed by atoms with E-state index in [1.165, 1.54) is 0 Å². The summed E-state index contributed by atoms with van der Waals surface area (Å²) in [5.74, 6) is 0. The van der Waals surface area contributed by atoms with E-state index in [1.807, 2.05) is 18.5 Å². The maximum Gasteiger partial charge on any atom is 0.216 e. The van der Waals surface area contributed by atoms with Crippen LogP contribution in [0.1, 0.15) is 31.2 Å². The number of pyridine rings is 1. The predicted molar refractivity (Wildman–Crippen MR) is 128 cm³/mol. The summed E-state index contributed by atoms with van der Waals surface area (Å²) in [5, 5.41) is 5.78. The van der Waals surface area contributed by atoms with Crippen LogP contribution < -0.4 is 5.32 Å². The van der Waals surface area contributed by atoms with Crippen LogP contribution >= 0.6 is 0 Å². The molecule has 0 radical (unpaired) electrons. The van der Waals surface area contributed by atoms with Crippen LogP contribution in [-0.4, -0.2) is 49.2 Å². The molecule has 168 valence electrons. The molecule has 1 aliphatic carbocycles. The molecular formula is C25H29N3O3S. The van der Waals surface area contributed by atoms with Gasteiger partial charge in [0.1, 0.15) is 0 Å². The van der Waals surface area contributed by atoms with Crippen molar-refractivity contribution in [2.75, 3.05) is 25.5 Å². The molecule has 6 nitrogen and oxygen atoms in total. The third-order valence-electron chi connectivity index (χ3n) is 6.45. The zero-order valence-corrected chi connectivity index (χ0v) is 19.1. The quantitative estimate of drug-likeness (QED) is 0.576. The first kappa shape index (κ1) is 21.4. The van der Waals surface area contributed by atoms with Crippen LogP contribution in [0.15, 0.2) is 54.9 Å². The number of hydrogen-bond acceptors (Lipinski definition) is 5. The fourth-order valence-corrected chi connectivity index (χ4v) is 6.42. The molecule has 5 rings (SSSR count). The second kappa shape index (κ2) is 8.81. The molecule has 7 heteroatoms. The summed E-state index contributed by atoms with van der Waals surface area (Å²) in [7, 11) is -1.38. The van der Waals surface area contributed by atoms with Crippen molar-refractivity contribution in [3.63, 3.8) is 0 Å². The molecule has 32 heavy (non-hydrogen) atoms. The topological polar surface area (TPSA) is 71.5 Å². The number of fused-ring (bicyclic) bond motifs is 1. The van der Waals surface area contributed by atoms with Gasteiger partial charge < -0.3 is 10.1 Å². The highest BCUT2D eigenvalue weighted by atomic mass is 32.2. The Kier molecular flexibility index (Phi) is 5.88. The van der Waals surface area contributed by atoms with E-state index in [1.54, 1.807) is 11.4 Å². The van der Waals surface area contributed by atoms with Crippen molar-refractivity contribution in [3.8, 4) is 11.1 Å². The Bertz CT molecular complexity index is 1220. The second-order valence-electron chi connectivity index (χ2n) is 8.82. The van der Waals surface area contributed by atoms with Crippen molar-refractivity contribution in [1.82, 2.24) is 9.29 Å². The molecule has 0 spiro atoms. The Balaban J connectivity index is 1.39. The van der Waals surface area contributed by atoms with E-state index in [4.69, 9.17) is 4.74 Å². The van der Waals surface area contributed by atoms with Gasteiger partial charge in [0.15, 0.2) is 0 Å². The predicted octanol–water partition coefficient (Wildman–Crippen LogP) is 4.42. The van der Waals surface area contributed by atoms with Crippen molar-refractivity contribution in [1.29, 1.82) is 0 Å². The van der Waals surface area contributed by atoms with Crippen LogP contribution in [0, 0.1) is 0 Å². The van der Waals surface area contributed by atoms with Crippen LogP contribution in [-0.2, 0) is 21.4 Å². The molecule has 2 heterocycles. The standard InChI is InChI=1S/C25H29N3O3S/c1-31-17-18-3-2-4-19(13-18)21-14-20-7-10-26-16-24(20)25(15-21)27-22-8-11-28(12-9-22)32(29,30)23-5-6-23/h2-4,7,10,13-16,22-23,27H,5-6,8-9,11-12,17H2,1H3. The lowest BCUT2D eigenvalue weighted by Crippen LogP contribution is -2.43. The normalized spacial score (nSPS) is 18.2. The number of benzene rings is 2. The monoisotopic (exact) mass is 451 g/mol. The number of nitrogens with one attached hydrogen (secondary N) is 1. The Labute approximate surface area is 189 Å². The van der Waals surface area contributed by atoms with E-state index in [0.29, 0.717) is 19.7 Å². The number of ether oxygens (including phenoxy) is 1. The molecule has 0 atom stereocenters. The zero-order valence-electron chi connectivity index (χ0n) is 18.3. The number of rotatable bonds is 7. The lowest BCUT2D eigenvalue weighted by Gasteiger charge is -2.32. The lowest BCUT2D eigenvalue weighted by molar-refractivity contribution is 0.185. The van der Waals surface area contributed by atoms with Gasteiger partial charge in [0.05, 0.1) is 11.9 Å². The number of piperidine rings is 1. The molecule has 0 bridgehead atoms. The number of anilines is 1.